The van der Waals surface area contributed by atoms with Gasteiger partial charge in [-0.25, -0.2) is 4.79 Å². The molecular formula is C22H21BrN2O5. The number of carbonyl (C=O) groups is 3. The van der Waals surface area contributed by atoms with Crippen LogP contribution in [0.4, 0.5) is 0 Å². The molecule has 0 aliphatic rings. The first-order chi connectivity index (χ1) is 14.0. The van der Waals surface area contributed by atoms with Crippen LogP contribution in [0.25, 0.3) is 10.9 Å². The van der Waals surface area contributed by atoms with Gasteiger partial charge >= 0.3 is 5.97 Å². The fourth-order valence-corrected chi connectivity index (χ4v) is 3.55. The quantitative estimate of drug-likeness (QED) is 0.525. The van der Waals surface area contributed by atoms with Crippen molar-refractivity contribution in [2.24, 2.45) is 0 Å². The Hall–Kier alpha value is -3.13. The number of nitrogens with one attached hydrogen (secondary N) is 1. The molecule has 0 fully saturated rings. The zero-order chi connectivity index (χ0) is 22.2. The number of aliphatic carboxylic acids is 1. The summed E-state index contributed by atoms with van der Waals surface area (Å²) in [4.78, 5) is 37.1. The van der Waals surface area contributed by atoms with Crippen LogP contribution in [0.5, 0.6) is 5.75 Å². The maximum atomic E-state index is 13.2. The Morgan fingerprint density at radius 1 is 1.10 bits per heavy atom. The Bertz CT molecular complexity index is 1160. The van der Waals surface area contributed by atoms with Crippen molar-refractivity contribution in [2.75, 3.05) is 0 Å². The normalized spacial score (nSPS) is 11.5. The summed E-state index contributed by atoms with van der Waals surface area (Å²) in [5, 5.41) is 22.2. The van der Waals surface area contributed by atoms with Crippen molar-refractivity contribution in [3.8, 4) is 5.75 Å². The third kappa shape index (κ3) is 4.09. The fourth-order valence-electron chi connectivity index (χ4n) is 3.28. The number of carboxylic acid groups (broad SMARTS) is 1. The summed E-state index contributed by atoms with van der Waals surface area (Å²) in [7, 11) is 0. The van der Waals surface area contributed by atoms with Crippen molar-refractivity contribution in [3.63, 3.8) is 0 Å². The molecule has 3 rings (SSSR count). The molecule has 0 saturated carbocycles. The Labute approximate surface area is 181 Å². The van der Waals surface area contributed by atoms with Gasteiger partial charge in [0.2, 0.25) is 5.91 Å². The van der Waals surface area contributed by atoms with Crippen LogP contribution in [0.3, 0.4) is 0 Å². The second-order valence-electron chi connectivity index (χ2n) is 7.57. The van der Waals surface area contributed by atoms with Gasteiger partial charge in [0.05, 0.1) is 11.9 Å². The number of hydrogen-bond donors (Lipinski definition) is 3. The van der Waals surface area contributed by atoms with Crippen molar-refractivity contribution < 1.29 is 24.6 Å². The summed E-state index contributed by atoms with van der Waals surface area (Å²) in [6.07, 6.45) is -0.136. The number of aromatic hydroxyl groups is 1. The van der Waals surface area contributed by atoms with Gasteiger partial charge in [-0.2, -0.15) is 0 Å². The molecule has 0 spiro atoms. The standard InChI is InChI=1S/C22H21BrN2O5/c1-12-16(11-19(27)24-22(2,3)21(29)30)17-10-15(26)8-9-18(17)25(12)20(28)13-4-6-14(23)7-5-13/h4-10,26H,11H2,1-3H3,(H,24,27)(H,29,30). The second kappa shape index (κ2) is 7.95. The Balaban J connectivity index is 2.07. The van der Waals surface area contributed by atoms with Crippen LogP contribution in [-0.2, 0) is 16.0 Å². The van der Waals surface area contributed by atoms with Crippen molar-refractivity contribution in [3.05, 3.63) is 63.8 Å². The van der Waals surface area contributed by atoms with Gasteiger partial charge in [-0.05, 0) is 68.8 Å². The van der Waals surface area contributed by atoms with Gasteiger partial charge in [0.25, 0.3) is 5.91 Å². The first-order valence-corrected chi connectivity index (χ1v) is 9.98. The third-order valence-electron chi connectivity index (χ3n) is 4.94. The van der Waals surface area contributed by atoms with Gasteiger partial charge < -0.3 is 15.5 Å². The second-order valence-corrected chi connectivity index (χ2v) is 8.48. The molecule has 3 N–H and O–H groups in total. The minimum atomic E-state index is -1.43. The lowest BCUT2D eigenvalue weighted by molar-refractivity contribution is -0.145. The fraction of sp³-hybridized carbons (Fsp3) is 0.227. The summed E-state index contributed by atoms with van der Waals surface area (Å²) in [5.41, 5.74) is 0.684. The summed E-state index contributed by atoms with van der Waals surface area (Å²) in [6.45, 7) is 4.51. The zero-order valence-electron chi connectivity index (χ0n) is 16.7. The van der Waals surface area contributed by atoms with E-state index in [0.29, 0.717) is 27.7 Å². The average molecular weight is 473 g/mol. The highest BCUT2D eigenvalue weighted by Crippen LogP contribution is 2.30. The number of nitrogens with zero attached hydrogens (tertiary/aromatic N) is 1. The Morgan fingerprint density at radius 2 is 1.73 bits per heavy atom. The van der Waals surface area contributed by atoms with Crippen LogP contribution in [0, 0.1) is 6.92 Å². The highest BCUT2D eigenvalue weighted by atomic mass is 79.9. The average Bonchev–Trinajstić information content (AvgIpc) is 2.92. The lowest BCUT2D eigenvalue weighted by Gasteiger charge is -2.21. The van der Waals surface area contributed by atoms with E-state index in [4.69, 9.17) is 0 Å². The van der Waals surface area contributed by atoms with Crippen LogP contribution in [0.1, 0.15) is 35.5 Å². The lowest BCUT2D eigenvalue weighted by Crippen LogP contribution is -2.50. The number of benzene rings is 2. The molecule has 1 amide bonds. The van der Waals surface area contributed by atoms with Gasteiger partial charge in [0.15, 0.2) is 0 Å². The van der Waals surface area contributed by atoms with E-state index in [1.54, 1.807) is 37.3 Å². The highest BCUT2D eigenvalue weighted by molar-refractivity contribution is 9.10. The summed E-state index contributed by atoms with van der Waals surface area (Å²) in [5.74, 6) is -1.92. The molecule has 3 aromatic rings. The molecule has 0 saturated heterocycles. The van der Waals surface area contributed by atoms with E-state index in [9.17, 15) is 24.6 Å². The molecule has 1 aromatic heterocycles. The molecule has 1 heterocycles. The van der Waals surface area contributed by atoms with Gasteiger partial charge in [-0.3, -0.25) is 14.2 Å². The summed E-state index contributed by atoms with van der Waals surface area (Å²) in [6, 6.07) is 11.5. The molecular weight excluding hydrogens is 452 g/mol. The van der Waals surface area contributed by atoms with Crippen molar-refractivity contribution in [2.45, 2.75) is 32.7 Å². The van der Waals surface area contributed by atoms with Crippen molar-refractivity contribution >= 4 is 44.6 Å². The molecule has 0 aliphatic carbocycles. The van der Waals surface area contributed by atoms with Crippen LogP contribution >= 0.6 is 15.9 Å². The van der Waals surface area contributed by atoms with Gasteiger partial charge in [-0.15, -0.1) is 0 Å². The summed E-state index contributed by atoms with van der Waals surface area (Å²) >= 11 is 3.35. The summed E-state index contributed by atoms with van der Waals surface area (Å²) < 4.78 is 2.35. The minimum Gasteiger partial charge on any atom is -0.508 e. The number of fused-ring (bicyclic) bond motifs is 1. The number of phenolic OH excluding ortho intramolecular Hbond substituents is 1. The van der Waals surface area contributed by atoms with E-state index < -0.39 is 17.4 Å². The third-order valence-corrected chi connectivity index (χ3v) is 5.47. The number of halogens is 1. The Morgan fingerprint density at radius 3 is 2.33 bits per heavy atom. The van der Waals surface area contributed by atoms with Gasteiger partial charge in [-0.1, -0.05) is 15.9 Å². The van der Waals surface area contributed by atoms with E-state index in [0.717, 1.165) is 4.47 Å². The molecule has 0 radical (unpaired) electrons. The number of carbonyl (C=O) groups excluding carboxylic acids is 2. The highest BCUT2D eigenvalue weighted by Gasteiger charge is 2.30. The molecule has 0 bridgehead atoms. The predicted molar refractivity (Wildman–Crippen MR) is 116 cm³/mol. The van der Waals surface area contributed by atoms with E-state index in [1.807, 2.05) is 0 Å². The SMILES string of the molecule is Cc1c(CC(=O)NC(C)(C)C(=O)O)c2cc(O)ccc2n1C(=O)c1ccc(Br)cc1. The monoisotopic (exact) mass is 472 g/mol. The number of carboxylic acids is 1. The molecule has 0 atom stereocenters. The topological polar surface area (TPSA) is 109 Å². The first-order valence-electron chi connectivity index (χ1n) is 9.19. The number of amides is 1. The zero-order valence-corrected chi connectivity index (χ0v) is 18.3. The molecule has 30 heavy (non-hydrogen) atoms. The maximum Gasteiger partial charge on any atom is 0.328 e. The number of rotatable bonds is 5. The predicted octanol–water partition coefficient (Wildman–Crippen LogP) is 3.63. The van der Waals surface area contributed by atoms with E-state index in [1.165, 1.54) is 30.5 Å². The van der Waals surface area contributed by atoms with E-state index in [2.05, 4.69) is 21.2 Å². The molecule has 0 unspecified atom stereocenters. The smallest absolute Gasteiger partial charge is 0.328 e. The van der Waals surface area contributed by atoms with Crippen LogP contribution in [-0.4, -0.2) is 38.1 Å². The molecule has 156 valence electrons. The van der Waals surface area contributed by atoms with Gasteiger partial charge in [0, 0.05) is 21.1 Å². The molecule has 7 nitrogen and oxygen atoms in total. The number of phenols is 1. The minimum absolute atomic E-state index is 0.00302. The molecule has 2 aromatic carbocycles. The largest absolute Gasteiger partial charge is 0.508 e. The molecule has 0 aliphatic heterocycles. The van der Waals surface area contributed by atoms with E-state index >= 15 is 0 Å². The van der Waals surface area contributed by atoms with Crippen LogP contribution in [0.15, 0.2) is 46.9 Å². The molecule has 8 heteroatoms. The van der Waals surface area contributed by atoms with Crippen molar-refractivity contribution in [1.29, 1.82) is 0 Å². The van der Waals surface area contributed by atoms with Crippen LogP contribution < -0.4 is 5.32 Å². The van der Waals surface area contributed by atoms with E-state index in [-0.39, 0.29) is 18.1 Å². The maximum absolute atomic E-state index is 13.2. The first kappa shape index (κ1) is 21.6. The number of hydrogen-bond acceptors (Lipinski definition) is 4. The van der Waals surface area contributed by atoms with Crippen LogP contribution in [0.2, 0.25) is 0 Å². The van der Waals surface area contributed by atoms with Crippen molar-refractivity contribution in [1.82, 2.24) is 9.88 Å². The lowest BCUT2D eigenvalue weighted by atomic mass is 10.0. The number of aromatic nitrogens is 1. The van der Waals surface area contributed by atoms with Gasteiger partial charge in [0.1, 0.15) is 11.3 Å². The Kier molecular flexibility index (Phi) is 5.72.